The van der Waals surface area contributed by atoms with Crippen molar-refractivity contribution in [3.05, 3.63) is 228 Å². The maximum absolute atomic E-state index is 9.86. The van der Waals surface area contributed by atoms with Gasteiger partial charge in [-0.05, 0) is 151 Å². The minimum absolute atomic E-state index is 0.185. The molecule has 0 N–H and O–H groups in total. The topological polar surface area (TPSA) is 54.1 Å². The molecule has 0 saturated heterocycles. The molecule has 12 rings (SSSR count). The van der Waals surface area contributed by atoms with Crippen LogP contribution in [0.2, 0.25) is 0 Å². The Hall–Kier alpha value is -8.44. The van der Waals surface area contributed by atoms with Gasteiger partial charge in [0.05, 0.1) is 34.6 Å². The summed E-state index contributed by atoms with van der Waals surface area (Å²) in [5, 5.41) is 26.5. The molecular weight excluding hydrogens is 801 g/mol. The van der Waals surface area contributed by atoms with Crippen LogP contribution < -0.4 is 9.80 Å². The molecule has 0 bridgehead atoms. The Balaban J connectivity index is 1.11. The van der Waals surface area contributed by atoms with Crippen LogP contribution in [0.4, 0.5) is 34.1 Å². The van der Waals surface area contributed by atoms with Crippen LogP contribution in [0.1, 0.15) is 61.1 Å². The summed E-state index contributed by atoms with van der Waals surface area (Å²) in [5.41, 5.74) is 17.4. The zero-order chi connectivity index (χ0) is 44.9. The third-order valence-corrected chi connectivity index (χ3v) is 14.5. The molecule has 0 radical (unpaired) electrons. The quantitative estimate of drug-likeness (QED) is 0.156. The summed E-state index contributed by atoms with van der Waals surface area (Å²) in [6.07, 6.45) is 0. The van der Waals surface area contributed by atoms with E-state index in [-0.39, 0.29) is 10.8 Å². The van der Waals surface area contributed by atoms with Gasteiger partial charge >= 0.3 is 0 Å². The first-order valence-corrected chi connectivity index (χ1v) is 22.6. The molecule has 0 amide bonds. The summed E-state index contributed by atoms with van der Waals surface area (Å²) in [5.74, 6) is 0. The molecule has 2 aliphatic rings. The number of hydrogen-bond acceptors (Lipinski definition) is 4. The summed E-state index contributed by atoms with van der Waals surface area (Å²) >= 11 is 0. The lowest BCUT2D eigenvalue weighted by molar-refractivity contribution is 0.660. The Labute approximate surface area is 385 Å². The van der Waals surface area contributed by atoms with Crippen LogP contribution in [0.15, 0.2) is 194 Å². The number of nitrogens with zero attached hydrogens (tertiary/aromatic N) is 4. The zero-order valence-electron chi connectivity index (χ0n) is 37.3. The second-order valence-corrected chi connectivity index (χ2v) is 18.8. The Kier molecular flexibility index (Phi) is 8.63. The fourth-order valence-electron chi connectivity index (χ4n) is 11.2. The molecule has 4 nitrogen and oxygen atoms in total. The number of anilines is 6. The van der Waals surface area contributed by atoms with Crippen molar-refractivity contribution in [3.8, 4) is 34.4 Å². The molecule has 0 spiro atoms. The van der Waals surface area contributed by atoms with Gasteiger partial charge < -0.3 is 9.80 Å². The molecule has 4 heteroatoms. The highest BCUT2D eigenvalue weighted by molar-refractivity contribution is 6.24. The first kappa shape index (κ1) is 39.2. The standard InChI is InChI=1S/C62H44N4/c1-61(2)55-19-11-9-15-47(55)49-31-29-43(33-57(49)61)65(41-25-21-39(37-63)22-26-41)59-35-53-46-14-6-8-18-52(46)60(36-54(53)45-13-5-7-17-51(45)59)66(42-27-23-40(38-64)24-28-42)44-30-32-50-48-16-10-12-20-56(48)62(3,4)58(50)34-44/h5-36H,1-4H3. The predicted molar refractivity (Wildman–Crippen MR) is 273 cm³/mol. The highest BCUT2D eigenvalue weighted by Gasteiger charge is 2.37. The molecule has 0 heterocycles. The number of hydrogen-bond donors (Lipinski definition) is 0. The van der Waals surface area contributed by atoms with Gasteiger partial charge in [-0.1, -0.05) is 137 Å². The van der Waals surface area contributed by atoms with Crippen LogP contribution in [-0.2, 0) is 10.8 Å². The van der Waals surface area contributed by atoms with Gasteiger partial charge in [0.15, 0.2) is 0 Å². The van der Waals surface area contributed by atoms with E-state index in [1.54, 1.807) is 0 Å². The lowest BCUT2D eigenvalue weighted by Crippen LogP contribution is -2.17. The average Bonchev–Trinajstić information content (AvgIpc) is 3.73. The van der Waals surface area contributed by atoms with Crippen molar-refractivity contribution in [2.75, 3.05) is 9.80 Å². The summed E-state index contributed by atoms with van der Waals surface area (Å²) in [6.45, 7) is 9.30. The van der Waals surface area contributed by atoms with Crippen molar-refractivity contribution < 1.29 is 0 Å². The smallest absolute Gasteiger partial charge is 0.0991 e. The lowest BCUT2D eigenvalue weighted by atomic mass is 9.82. The maximum atomic E-state index is 9.86. The van der Waals surface area contributed by atoms with Crippen LogP contribution >= 0.6 is 0 Å². The number of benzene rings is 10. The highest BCUT2D eigenvalue weighted by Crippen LogP contribution is 2.54. The summed E-state index contributed by atoms with van der Waals surface area (Å²) in [7, 11) is 0. The van der Waals surface area contributed by atoms with Crippen LogP contribution in [0.25, 0.3) is 54.6 Å². The minimum Gasteiger partial charge on any atom is -0.310 e. The molecule has 312 valence electrons. The largest absolute Gasteiger partial charge is 0.310 e. The van der Waals surface area contributed by atoms with E-state index in [4.69, 9.17) is 0 Å². The highest BCUT2D eigenvalue weighted by atomic mass is 15.2. The van der Waals surface area contributed by atoms with Gasteiger partial charge in [-0.25, -0.2) is 0 Å². The van der Waals surface area contributed by atoms with E-state index in [0.29, 0.717) is 11.1 Å². The minimum atomic E-state index is -0.185. The van der Waals surface area contributed by atoms with Crippen molar-refractivity contribution in [2.45, 2.75) is 38.5 Å². The Morgan fingerprint density at radius 2 is 0.652 bits per heavy atom. The maximum Gasteiger partial charge on any atom is 0.0991 e. The Bertz CT molecular complexity index is 3480. The molecule has 2 aliphatic carbocycles. The zero-order valence-corrected chi connectivity index (χ0v) is 37.3. The van der Waals surface area contributed by atoms with Gasteiger partial charge in [0.2, 0.25) is 0 Å². The summed E-state index contributed by atoms with van der Waals surface area (Å²) in [6, 6.07) is 74.2. The monoisotopic (exact) mass is 844 g/mol. The number of fused-ring (bicyclic) bond motifs is 11. The van der Waals surface area contributed by atoms with Crippen LogP contribution in [0, 0.1) is 22.7 Å². The normalized spacial score (nSPS) is 13.7. The average molecular weight is 845 g/mol. The van der Waals surface area contributed by atoms with E-state index in [1.165, 1.54) is 44.5 Å². The van der Waals surface area contributed by atoms with Gasteiger partial charge in [-0.3, -0.25) is 0 Å². The van der Waals surface area contributed by atoms with Gasteiger partial charge in [-0.2, -0.15) is 10.5 Å². The van der Waals surface area contributed by atoms with Crippen LogP contribution in [-0.4, -0.2) is 0 Å². The molecule has 0 atom stereocenters. The summed E-state index contributed by atoms with van der Waals surface area (Å²) in [4.78, 5) is 4.75. The molecular formula is C62H44N4. The second kappa shape index (κ2) is 14.5. The van der Waals surface area contributed by atoms with E-state index in [0.717, 1.165) is 66.4 Å². The van der Waals surface area contributed by atoms with Crippen molar-refractivity contribution in [2.24, 2.45) is 0 Å². The molecule has 0 saturated carbocycles. The molecule has 10 aromatic carbocycles. The fraction of sp³-hybridized carbons (Fsp3) is 0.0968. The van der Waals surface area contributed by atoms with E-state index in [1.807, 2.05) is 24.3 Å². The van der Waals surface area contributed by atoms with E-state index in [2.05, 4.69) is 219 Å². The van der Waals surface area contributed by atoms with Crippen molar-refractivity contribution in [3.63, 3.8) is 0 Å². The molecule has 0 aliphatic heterocycles. The first-order chi connectivity index (χ1) is 32.1. The van der Waals surface area contributed by atoms with Crippen LogP contribution in [0.3, 0.4) is 0 Å². The van der Waals surface area contributed by atoms with Gasteiger partial charge in [0, 0.05) is 44.4 Å². The van der Waals surface area contributed by atoms with Crippen LogP contribution in [0.5, 0.6) is 0 Å². The predicted octanol–water partition coefficient (Wildman–Crippen LogP) is 16.4. The molecule has 0 fully saturated rings. The fourth-order valence-corrected chi connectivity index (χ4v) is 11.2. The third kappa shape index (κ3) is 5.75. The Morgan fingerprint density at radius 3 is 1.05 bits per heavy atom. The molecule has 10 aromatic rings. The number of nitriles is 2. The number of rotatable bonds is 6. The second-order valence-electron chi connectivity index (χ2n) is 18.8. The molecule has 66 heavy (non-hydrogen) atoms. The molecule has 0 unspecified atom stereocenters. The van der Waals surface area contributed by atoms with E-state index in [9.17, 15) is 10.5 Å². The lowest BCUT2D eigenvalue weighted by Gasteiger charge is -2.31. The van der Waals surface area contributed by atoms with Crippen molar-refractivity contribution in [1.82, 2.24) is 0 Å². The van der Waals surface area contributed by atoms with Gasteiger partial charge in [0.25, 0.3) is 0 Å². The van der Waals surface area contributed by atoms with Gasteiger partial charge in [-0.15, -0.1) is 0 Å². The Morgan fingerprint density at radius 1 is 0.318 bits per heavy atom. The van der Waals surface area contributed by atoms with E-state index >= 15 is 0 Å². The third-order valence-electron chi connectivity index (χ3n) is 14.5. The molecule has 0 aromatic heterocycles. The van der Waals surface area contributed by atoms with E-state index < -0.39 is 0 Å². The summed E-state index contributed by atoms with van der Waals surface area (Å²) < 4.78 is 0. The van der Waals surface area contributed by atoms with Gasteiger partial charge in [0.1, 0.15) is 0 Å². The van der Waals surface area contributed by atoms with Crippen molar-refractivity contribution >= 4 is 66.4 Å². The first-order valence-electron chi connectivity index (χ1n) is 22.6. The van der Waals surface area contributed by atoms with Crippen molar-refractivity contribution in [1.29, 1.82) is 10.5 Å². The SMILES string of the molecule is CC1(C)c2ccccc2-c2ccc(N(c3ccc(C#N)cc3)c3cc4c5ccccc5c(N(c5ccc(C#N)cc5)c5ccc6c(c5)C(C)(C)c5ccccc5-6)cc4c4ccccc34)cc21.